The van der Waals surface area contributed by atoms with Crippen LogP contribution < -0.4 is 25.8 Å². The first-order valence-corrected chi connectivity index (χ1v) is 7.93. The Morgan fingerprint density at radius 2 is 1.92 bits per heavy atom. The zero-order valence-electron chi connectivity index (χ0n) is 14.6. The first-order valence-electron chi connectivity index (χ1n) is 7.93. The van der Waals surface area contributed by atoms with Gasteiger partial charge in [-0.05, 0) is 23.8 Å². The minimum absolute atomic E-state index is 0.404. The van der Waals surface area contributed by atoms with E-state index in [-0.39, 0.29) is 0 Å². The number of nitrogen functional groups attached to an aromatic ring is 1. The van der Waals surface area contributed by atoms with Crippen molar-refractivity contribution < 1.29 is 9.47 Å². The molecule has 0 fully saturated rings. The Labute approximate surface area is 151 Å². The smallest absolute Gasteiger partial charge is 0.159 e. The maximum absolute atomic E-state index is 6.22. The molecular formula is C18H20N6O2. The minimum atomic E-state index is 0.404. The van der Waals surface area contributed by atoms with Crippen LogP contribution in [0.2, 0.25) is 0 Å². The number of rotatable bonds is 7. The molecule has 0 atom stereocenters. The molecule has 2 aromatic heterocycles. The number of hydrogen-bond donors (Lipinski definition) is 3. The first kappa shape index (κ1) is 17.3. The fraction of sp³-hybridized carbons (Fsp3) is 0.167. The Morgan fingerprint density at radius 3 is 2.65 bits per heavy atom. The Kier molecular flexibility index (Phi) is 5.33. The summed E-state index contributed by atoms with van der Waals surface area (Å²) in [7, 11) is 3.20. The lowest BCUT2D eigenvalue weighted by Gasteiger charge is -2.15. The van der Waals surface area contributed by atoms with Crippen LogP contribution in [0.1, 0.15) is 5.56 Å². The van der Waals surface area contributed by atoms with Gasteiger partial charge in [0.2, 0.25) is 0 Å². The third kappa shape index (κ3) is 3.92. The summed E-state index contributed by atoms with van der Waals surface area (Å²) in [4.78, 5) is 12.5. The van der Waals surface area contributed by atoms with E-state index in [1.165, 1.54) is 6.33 Å². The SMILES string of the molecule is COc1ccc(OC)c(Nc2ncnc(NCc3cccnc3)c2N)c1. The van der Waals surface area contributed by atoms with E-state index < -0.39 is 0 Å². The highest BCUT2D eigenvalue weighted by molar-refractivity contribution is 5.79. The number of nitrogens with zero attached hydrogens (tertiary/aromatic N) is 3. The van der Waals surface area contributed by atoms with Gasteiger partial charge >= 0.3 is 0 Å². The summed E-state index contributed by atoms with van der Waals surface area (Å²) >= 11 is 0. The predicted octanol–water partition coefficient (Wildman–Crippen LogP) is 2.83. The van der Waals surface area contributed by atoms with E-state index in [1.807, 2.05) is 24.3 Å². The lowest BCUT2D eigenvalue weighted by Crippen LogP contribution is -2.08. The standard InChI is InChI=1S/C18H20N6O2/c1-25-13-5-6-15(26-2)14(8-13)24-18-16(19)17(22-11-23-18)21-10-12-4-3-7-20-9-12/h3-9,11H,10,19H2,1-2H3,(H2,21,22,23,24). The van der Waals surface area contributed by atoms with Crippen molar-refractivity contribution in [1.82, 2.24) is 15.0 Å². The molecule has 26 heavy (non-hydrogen) atoms. The molecule has 4 N–H and O–H groups in total. The van der Waals surface area contributed by atoms with Crippen molar-refractivity contribution >= 4 is 23.0 Å². The molecule has 134 valence electrons. The number of hydrogen-bond acceptors (Lipinski definition) is 8. The summed E-state index contributed by atoms with van der Waals surface area (Å²) in [5.74, 6) is 2.35. The molecule has 0 aliphatic rings. The highest BCUT2D eigenvalue weighted by atomic mass is 16.5. The largest absolute Gasteiger partial charge is 0.497 e. The van der Waals surface area contributed by atoms with Crippen LogP contribution in [-0.2, 0) is 6.54 Å². The van der Waals surface area contributed by atoms with Gasteiger partial charge in [0.1, 0.15) is 23.5 Å². The molecular weight excluding hydrogens is 332 g/mol. The van der Waals surface area contributed by atoms with Crippen LogP contribution in [0.4, 0.5) is 23.0 Å². The van der Waals surface area contributed by atoms with Crippen molar-refractivity contribution in [3.63, 3.8) is 0 Å². The van der Waals surface area contributed by atoms with Crippen LogP contribution in [0.25, 0.3) is 0 Å². The van der Waals surface area contributed by atoms with Gasteiger partial charge in [0.15, 0.2) is 11.6 Å². The molecule has 0 radical (unpaired) electrons. The normalized spacial score (nSPS) is 10.2. The van der Waals surface area contributed by atoms with Crippen LogP contribution in [0, 0.1) is 0 Å². The van der Waals surface area contributed by atoms with E-state index >= 15 is 0 Å². The third-order valence-corrected chi connectivity index (χ3v) is 3.73. The number of anilines is 4. The average molecular weight is 352 g/mol. The molecule has 0 saturated carbocycles. The quantitative estimate of drug-likeness (QED) is 0.596. The van der Waals surface area contributed by atoms with Crippen molar-refractivity contribution in [2.24, 2.45) is 0 Å². The second-order valence-corrected chi connectivity index (χ2v) is 5.39. The fourth-order valence-electron chi connectivity index (χ4n) is 2.36. The maximum atomic E-state index is 6.22. The third-order valence-electron chi connectivity index (χ3n) is 3.73. The van der Waals surface area contributed by atoms with Gasteiger partial charge in [0, 0.05) is 25.0 Å². The van der Waals surface area contributed by atoms with Gasteiger partial charge in [-0.25, -0.2) is 9.97 Å². The van der Waals surface area contributed by atoms with Gasteiger partial charge < -0.3 is 25.8 Å². The van der Waals surface area contributed by atoms with Crippen molar-refractivity contribution in [2.45, 2.75) is 6.54 Å². The summed E-state index contributed by atoms with van der Waals surface area (Å²) in [5, 5.41) is 6.37. The van der Waals surface area contributed by atoms with Gasteiger partial charge in [0.05, 0.1) is 19.9 Å². The molecule has 0 unspecified atom stereocenters. The van der Waals surface area contributed by atoms with Gasteiger partial charge in [-0.1, -0.05) is 6.07 Å². The van der Waals surface area contributed by atoms with E-state index in [9.17, 15) is 0 Å². The number of benzene rings is 1. The summed E-state index contributed by atoms with van der Waals surface area (Å²) in [6, 6.07) is 9.28. The molecule has 0 spiro atoms. The predicted molar refractivity (Wildman–Crippen MR) is 101 cm³/mol. The highest BCUT2D eigenvalue weighted by Gasteiger charge is 2.11. The molecule has 0 saturated heterocycles. The molecule has 8 heteroatoms. The van der Waals surface area contributed by atoms with E-state index in [2.05, 4.69) is 25.6 Å². The van der Waals surface area contributed by atoms with Crippen LogP contribution in [0.5, 0.6) is 11.5 Å². The Bertz CT molecular complexity index is 873. The van der Waals surface area contributed by atoms with Crippen molar-refractivity contribution in [3.05, 3.63) is 54.6 Å². The van der Waals surface area contributed by atoms with Crippen LogP contribution in [0.3, 0.4) is 0 Å². The zero-order valence-corrected chi connectivity index (χ0v) is 14.6. The van der Waals surface area contributed by atoms with E-state index in [4.69, 9.17) is 15.2 Å². The van der Waals surface area contributed by atoms with Crippen molar-refractivity contribution in [1.29, 1.82) is 0 Å². The Hall–Kier alpha value is -3.55. The highest BCUT2D eigenvalue weighted by Crippen LogP contribution is 2.33. The Balaban J connectivity index is 1.81. The number of aromatic nitrogens is 3. The lowest BCUT2D eigenvalue weighted by molar-refractivity contribution is 0.405. The van der Waals surface area contributed by atoms with Crippen LogP contribution >= 0.6 is 0 Å². The van der Waals surface area contributed by atoms with Crippen LogP contribution in [0.15, 0.2) is 49.1 Å². The molecule has 3 aromatic rings. The lowest BCUT2D eigenvalue weighted by atomic mass is 10.2. The van der Waals surface area contributed by atoms with Gasteiger partial charge in [-0.15, -0.1) is 0 Å². The van der Waals surface area contributed by atoms with Crippen molar-refractivity contribution in [3.8, 4) is 11.5 Å². The van der Waals surface area contributed by atoms with Crippen molar-refractivity contribution in [2.75, 3.05) is 30.6 Å². The van der Waals surface area contributed by atoms with Gasteiger partial charge in [-0.3, -0.25) is 4.98 Å². The molecule has 2 heterocycles. The molecule has 0 aliphatic carbocycles. The second kappa shape index (κ2) is 8.02. The molecule has 3 rings (SSSR count). The van der Waals surface area contributed by atoms with E-state index in [1.54, 1.807) is 32.7 Å². The summed E-state index contributed by atoms with van der Waals surface area (Å²) in [6.07, 6.45) is 4.95. The van der Waals surface area contributed by atoms with E-state index in [0.717, 1.165) is 5.56 Å². The molecule has 0 amide bonds. The molecule has 0 aliphatic heterocycles. The molecule has 1 aromatic carbocycles. The number of ether oxygens (including phenoxy) is 2. The van der Waals surface area contributed by atoms with Gasteiger partial charge in [-0.2, -0.15) is 0 Å². The minimum Gasteiger partial charge on any atom is -0.497 e. The van der Waals surface area contributed by atoms with Gasteiger partial charge in [0.25, 0.3) is 0 Å². The summed E-state index contributed by atoms with van der Waals surface area (Å²) in [5.41, 5.74) is 8.34. The second-order valence-electron chi connectivity index (χ2n) is 5.39. The first-order chi connectivity index (χ1) is 12.7. The summed E-state index contributed by atoms with van der Waals surface area (Å²) < 4.78 is 10.6. The number of pyridine rings is 1. The number of nitrogens with one attached hydrogen (secondary N) is 2. The summed E-state index contributed by atoms with van der Waals surface area (Å²) in [6.45, 7) is 0.553. The topological polar surface area (TPSA) is 107 Å². The molecule has 0 bridgehead atoms. The number of methoxy groups -OCH3 is 2. The maximum Gasteiger partial charge on any atom is 0.159 e. The fourth-order valence-corrected chi connectivity index (χ4v) is 2.36. The number of nitrogens with two attached hydrogens (primary N) is 1. The van der Waals surface area contributed by atoms with E-state index in [0.29, 0.717) is 41.1 Å². The van der Waals surface area contributed by atoms with Crippen LogP contribution in [-0.4, -0.2) is 29.2 Å². The molecule has 8 nitrogen and oxygen atoms in total. The Morgan fingerprint density at radius 1 is 1.08 bits per heavy atom. The monoisotopic (exact) mass is 352 g/mol. The zero-order chi connectivity index (χ0) is 18.4. The average Bonchev–Trinajstić information content (AvgIpc) is 2.69.